The molecule has 0 aromatic carbocycles. The molecule has 124 valence electrons. The standard InChI is InChI=1S/C14H25Cl3O3Si/c1-10(20-21(5,6)13(2,3)4)12(19)8-7-11(18)9-14(15,16)17/h7-8,10,12,19H,9H2,1-6H3/b8-7+/t10-,12-/m0/s1. The molecule has 0 aliphatic heterocycles. The predicted octanol–water partition coefficient (Wildman–Crippen LogP) is 4.64. The van der Waals surface area contributed by atoms with Crippen molar-refractivity contribution >= 4 is 48.9 Å². The van der Waals surface area contributed by atoms with Crippen molar-refractivity contribution in [1.82, 2.24) is 0 Å². The Morgan fingerprint density at radius 2 is 1.76 bits per heavy atom. The molecule has 2 atom stereocenters. The maximum absolute atomic E-state index is 11.5. The lowest BCUT2D eigenvalue weighted by Gasteiger charge is -2.39. The molecule has 0 aromatic heterocycles. The summed E-state index contributed by atoms with van der Waals surface area (Å²) in [6, 6.07) is 0. The van der Waals surface area contributed by atoms with Crippen molar-refractivity contribution in [2.24, 2.45) is 0 Å². The van der Waals surface area contributed by atoms with Gasteiger partial charge in [0.05, 0.1) is 18.6 Å². The van der Waals surface area contributed by atoms with Crippen LogP contribution in [0.4, 0.5) is 0 Å². The second-order valence-corrected chi connectivity index (χ2v) is 14.0. The Labute approximate surface area is 143 Å². The number of hydrogen-bond acceptors (Lipinski definition) is 3. The highest BCUT2D eigenvalue weighted by Crippen LogP contribution is 2.37. The first kappa shape index (κ1) is 21.4. The van der Waals surface area contributed by atoms with Gasteiger partial charge in [-0.15, -0.1) is 0 Å². The third kappa shape index (κ3) is 8.58. The van der Waals surface area contributed by atoms with Gasteiger partial charge < -0.3 is 9.53 Å². The summed E-state index contributed by atoms with van der Waals surface area (Å²) in [6.07, 6.45) is 1.12. The van der Waals surface area contributed by atoms with Gasteiger partial charge >= 0.3 is 0 Å². The molecule has 0 amide bonds. The molecule has 0 saturated heterocycles. The van der Waals surface area contributed by atoms with Gasteiger partial charge in [0.25, 0.3) is 0 Å². The fourth-order valence-electron chi connectivity index (χ4n) is 1.33. The van der Waals surface area contributed by atoms with Crippen molar-refractivity contribution in [1.29, 1.82) is 0 Å². The topological polar surface area (TPSA) is 46.5 Å². The quantitative estimate of drug-likeness (QED) is 0.418. The molecule has 0 aromatic rings. The summed E-state index contributed by atoms with van der Waals surface area (Å²) in [6.45, 7) is 12.4. The molecule has 0 heterocycles. The van der Waals surface area contributed by atoms with Crippen LogP contribution >= 0.6 is 34.8 Å². The van der Waals surface area contributed by atoms with Crippen molar-refractivity contribution in [3.63, 3.8) is 0 Å². The minimum absolute atomic E-state index is 0.0516. The van der Waals surface area contributed by atoms with E-state index in [9.17, 15) is 9.90 Å². The van der Waals surface area contributed by atoms with Crippen molar-refractivity contribution in [3.8, 4) is 0 Å². The highest BCUT2D eigenvalue weighted by atomic mass is 35.6. The van der Waals surface area contributed by atoms with E-state index in [4.69, 9.17) is 39.2 Å². The summed E-state index contributed by atoms with van der Waals surface area (Å²) < 4.78 is 4.43. The van der Waals surface area contributed by atoms with Gasteiger partial charge in [-0.1, -0.05) is 61.7 Å². The molecular formula is C14H25Cl3O3Si. The summed E-state index contributed by atoms with van der Waals surface area (Å²) in [5, 5.41) is 10.1. The van der Waals surface area contributed by atoms with E-state index >= 15 is 0 Å². The van der Waals surface area contributed by atoms with Crippen LogP contribution in [0, 0.1) is 0 Å². The molecule has 0 rings (SSSR count). The number of hydrogen-bond donors (Lipinski definition) is 1. The Kier molecular flexibility index (Phi) is 7.95. The van der Waals surface area contributed by atoms with Gasteiger partial charge in [0.2, 0.25) is 0 Å². The molecule has 0 saturated carbocycles. The van der Waals surface area contributed by atoms with E-state index < -0.39 is 24.3 Å². The SMILES string of the molecule is C[C@H](O[Si](C)(C)C(C)(C)C)[C@@H](O)/C=C/C(=O)CC(Cl)(Cl)Cl. The zero-order valence-corrected chi connectivity index (χ0v) is 16.7. The molecule has 7 heteroatoms. The smallest absolute Gasteiger partial charge is 0.197 e. The van der Waals surface area contributed by atoms with Crippen LogP contribution in [0.15, 0.2) is 12.2 Å². The van der Waals surface area contributed by atoms with Crippen LogP contribution < -0.4 is 0 Å². The first-order valence-electron chi connectivity index (χ1n) is 6.79. The van der Waals surface area contributed by atoms with Crippen molar-refractivity contribution < 1.29 is 14.3 Å². The molecule has 3 nitrogen and oxygen atoms in total. The summed E-state index contributed by atoms with van der Waals surface area (Å²) in [5.41, 5.74) is 0. The first-order chi connectivity index (χ1) is 9.16. The summed E-state index contributed by atoms with van der Waals surface area (Å²) in [7, 11) is -1.97. The fourth-order valence-corrected chi connectivity index (χ4v) is 3.15. The van der Waals surface area contributed by atoms with Gasteiger partial charge in [0.1, 0.15) is 0 Å². The normalized spacial score (nSPS) is 17.0. The second kappa shape index (κ2) is 7.80. The Morgan fingerprint density at radius 1 is 1.29 bits per heavy atom. The molecule has 0 spiro atoms. The van der Waals surface area contributed by atoms with Crippen LogP contribution in [0.25, 0.3) is 0 Å². The monoisotopic (exact) mass is 374 g/mol. The molecule has 0 bridgehead atoms. The summed E-state index contributed by atoms with van der Waals surface area (Å²) >= 11 is 16.6. The van der Waals surface area contributed by atoms with E-state index in [1.807, 2.05) is 0 Å². The Balaban J connectivity index is 4.60. The van der Waals surface area contributed by atoms with E-state index in [0.717, 1.165) is 0 Å². The van der Waals surface area contributed by atoms with Crippen LogP contribution in [0.3, 0.4) is 0 Å². The van der Waals surface area contributed by atoms with Crippen molar-refractivity contribution in [2.45, 2.75) is 68.2 Å². The van der Waals surface area contributed by atoms with Gasteiger partial charge in [-0.25, -0.2) is 0 Å². The lowest BCUT2D eigenvalue weighted by atomic mass is 10.2. The van der Waals surface area contributed by atoms with Gasteiger partial charge in [0.15, 0.2) is 17.9 Å². The number of aliphatic hydroxyl groups excluding tert-OH is 1. The van der Waals surface area contributed by atoms with E-state index in [1.54, 1.807) is 6.92 Å². The fraction of sp³-hybridized carbons (Fsp3) is 0.786. The minimum Gasteiger partial charge on any atom is -0.411 e. The summed E-state index contributed by atoms with van der Waals surface area (Å²) in [5.74, 6) is -0.353. The highest BCUT2D eigenvalue weighted by molar-refractivity contribution is 6.74. The number of carbonyl (C=O) groups excluding carboxylic acids is 1. The third-order valence-corrected chi connectivity index (χ3v) is 8.60. The van der Waals surface area contributed by atoms with Gasteiger partial charge in [-0.05, 0) is 31.1 Å². The van der Waals surface area contributed by atoms with Crippen LogP contribution in [0.5, 0.6) is 0 Å². The number of aliphatic hydroxyl groups is 1. The van der Waals surface area contributed by atoms with Gasteiger partial charge in [-0.2, -0.15) is 0 Å². The average molecular weight is 376 g/mol. The zero-order chi connectivity index (χ0) is 17.1. The van der Waals surface area contributed by atoms with Crippen LogP contribution in [-0.4, -0.2) is 35.2 Å². The Hall–Kier alpha value is 0.417. The van der Waals surface area contributed by atoms with Crippen molar-refractivity contribution in [3.05, 3.63) is 12.2 Å². The Bertz CT molecular complexity index is 384. The lowest BCUT2D eigenvalue weighted by molar-refractivity contribution is -0.114. The largest absolute Gasteiger partial charge is 0.411 e. The van der Waals surface area contributed by atoms with Crippen LogP contribution in [0.1, 0.15) is 34.1 Å². The number of ketones is 1. The lowest BCUT2D eigenvalue weighted by Crippen LogP contribution is -2.45. The van der Waals surface area contributed by atoms with Crippen LogP contribution in [0.2, 0.25) is 18.1 Å². The zero-order valence-electron chi connectivity index (χ0n) is 13.4. The minimum atomic E-state index is -1.97. The maximum atomic E-state index is 11.5. The van der Waals surface area contributed by atoms with E-state index in [1.165, 1.54) is 12.2 Å². The molecule has 0 radical (unpaired) electrons. The average Bonchev–Trinajstić information content (AvgIpc) is 2.21. The summed E-state index contributed by atoms with van der Waals surface area (Å²) in [4.78, 5) is 11.5. The van der Waals surface area contributed by atoms with E-state index in [0.29, 0.717) is 0 Å². The van der Waals surface area contributed by atoms with E-state index in [2.05, 4.69) is 33.9 Å². The van der Waals surface area contributed by atoms with Crippen molar-refractivity contribution in [2.75, 3.05) is 0 Å². The second-order valence-electron chi connectivity index (χ2n) is 6.69. The first-order valence-corrected chi connectivity index (χ1v) is 10.8. The van der Waals surface area contributed by atoms with E-state index in [-0.39, 0.29) is 17.2 Å². The van der Waals surface area contributed by atoms with Crippen LogP contribution in [-0.2, 0) is 9.22 Å². The predicted molar refractivity (Wildman–Crippen MR) is 92.8 cm³/mol. The highest BCUT2D eigenvalue weighted by Gasteiger charge is 2.39. The van der Waals surface area contributed by atoms with Gasteiger partial charge in [-0.3, -0.25) is 4.79 Å². The molecule has 0 aliphatic rings. The molecule has 0 unspecified atom stereocenters. The van der Waals surface area contributed by atoms with Gasteiger partial charge in [0, 0.05) is 0 Å². The maximum Gasteiger partial charge on any atom is 0.197 e. The number of carbonyl (C=O) groups is 1. The third-order valence-electron chi connectivity index (χ3n) is 3.62. The molecule has 0 aliphatic carbocycles. The molecular weight excluding hydrogens is 351 g/mol. The number of allylic oxidation sites excluding steroid dienone is 1. The number of halogens is 3. The number of alkyl halides is 3. The Morgan fingerprint density at radius 3 is 2.14 bits per heavy atom. The number of rotatable bonds is 6. The molecule has 0 fully saturated rings. The molecule has 1 N–H and O–H groups in total. The molecule has 21 heavy (non-hydrogen) atoms.